The zero-order valence-corrected chi connectivity index (χ0v) is 23.4. The first-order valence-electron chi connectivity index (χ1n) is 12.6. The number of unbranched alkanes of at least 4 members (excludes halogenated alkanes) is 1. The molecule has 6 nitrogen and oxygen atoms in total. The topological polar surface area (TPSA) is 70.6 Å². The minimum Gasteiger partial charge on any atom is -0.279 e. The molecule has 0 saturated heterocycles. The van der Waals surface area contributed by atoms with Gasteiger partial charge in [-0.05, 0) is 61.2 Å². The molecule has 0 radical (unpaired) electrons. The largest absolute Gasteiger partial charge is 0.279 e. The van der Waals surface area contributed by atoms with Gasteiger partial charge in [0.25, 0.3) is 5.91 Å². The third-order valence-electron chi connectivity index (χ3n) is 6.44. The average molecular weight is 536 g/mol. The van der Waals surface area contributed by atoms with E-state index < -0.39 is 10.0 Å². The zero-order chi connectivity index (χ0) is 26.6. The zero-order valence-electron chi connectivity index (χ0n) is 21.8. The molecule has 0 bridgehead atoms. The predicted octanol–water partition coefficient (Wildman–Crippen LogP) is 6.57. The van der Waals surface area contributed by atoms with Crippen LogP contribution in [0.4, 0.5) is 5.13 Å². The van der Waals surface area contributed by atoms with Crippen molar-refractivity contribution in [2.45, 2.75) is 52.0 Å². The van der Waals surface area contributed by atoms with Crippen molar-refractivity contribution in [1.82, 2.24) is 9.29 Å². The van der Waals surface area contributed by atoms with E-state index >= 15 is 0 Å². The number of nitrogens with zero attached hydrogens (tertiary/aromatic N) is 3. The summed E-state index contributed by atoms with van der Waals surface area (Å²) in [6.07, 6.45) is 1.72. The number of amides is 1. The van der Waals surface area contributed by atoms with Crippen LogP contribution in [0.1, 0.15) is 53.7 Å². The molecule has 0 aliphatic heterocycles. The van der Waals surface area contributed by atoms with E-state index in [1.54, 1.807) is 17.0 Å². The Kier molecular flexibility index (Phi) is 8.42. The second-order valence-electron chi connectivity index (χ2n) is 9.13. The third-order valence-corrected chi connectivity index (χ3v) is 9.65. The summed E-state index contributed by atoms with van der Waals surface area (Å²) in [4.78, 5) is 20.6. The summed E-state index contributed by atoms with van der Waals surface area (Å²) in [6, 6.07) is 20.2. The standard InChI is InChI=1S/C29H33N3O3S2/c1-5-7-19-31(6-2)37(34,35)25-17-15-24(16-18-25)28(33)32(20-23-11-9-8-10-12-23)29-30-26-21(3)13-14-22(4)27(26)36-29/h8-18H,5-7,19-20H2,1-4H3. The van der Waals surface area contributed by atoms with E-state index in [1.807, 2.05) is 64.1 Å². The van der Waals surface area contributed by atoms with Gasteiger partial charge < -0.3 is 0 Å². The number of aryl methyl sites for hydroxylation is 2. The highest BCUT2D eigenvalue weighted by Gasteiger charge is 2.25. The molecular formula is C29H33N3O3S2. The first-order valence-corrected chi connectivity index (χ1v) is 14.8. The van der Waals surface area contributed by atoms with Crippen LogP contribution >= 0.6 is 11.3 Å². The lowest BCUT2D eigenvalue weighted by Crippen LogP contribution is -2.32. The summed E-state index contributed by atoms with van der Waals surface area (Å²) in [5, 5.41) is 0.620. The van der Waals surface area contributed by atoms with E-state index in [0.717, 1.165) is 39.7 Å². The Labute approximate surface area is 223 Å². The van der Waals surface area contributed by atoms with Crippen molar-refractivity contribution in [2.24, 2.45) is 0 Å². The van der Waals surface area contributed by atoms with Crippen LogP contribution < -0.4 is 4.90 Å². The highest BCUT2D eigenvalue weighted by atomic mass is 32.2. The number of hydrogen-bond donors (Lipinski definition) is 0. The Hall–Kier alpha value is -3.07. The second kappa shape index (κ2) is 11.5. The fourth-order valence-electron chi connectivity index (χ4n) is 4.21. The van der Waals surface area contributed by atoms with Crippen LogP contribution in [-0.2, 0) is 16.6 Å². The smallest absolute Gasteiger partial charge is 0.260 e. The average Bonchev–Trinajstić information content (AvgIpc) is 3.37. The number of carbonyl (C=O) groups is 1. The molecule has 3 aromatic carbocycles. The van der Waals surface area contributed by atoms with Crippen molar-refractivity contribution in [2.75, 3.05) is 18.0 Å². The lowest BCUT2D eigenvalue weighted by Gasteiger charge is -2.22. The van der Waals surface area contributed by atoms with Crippen LogP contribution in [0.2, 0.25) is 0 Å². The van der Waals surface area contributed by atoms with E-state index in [-0.39, 0.29) is 10.8 Å². The minimum atomic E-state index is -3.62. The maximum atomic E-state index is 13.8. The Morgan fingerprint density at radius 3 is 2.22 bits per heavy atom. The molecule has 0 unspecified atom stereocenters. The molecule has 0 atom stereocenters. The van der Waals surface area contributed by atoms with Gasteiger partial charge in [0.2, 0.25) is 10.0 Å². The maximum Gasteiger partial charge on any atom is 0.260 e. The van der Waals surface area contributed by atoms with E-state index in [9.17, 15) is 13.2 Å². The van der Waals surface area contributed by atoms with Gasteiger partial charge in [-0.2, -0.15) is 4.31 Å². The van der Waals surface area contributed by atoms with Crippen molar-refractivity contribution >= 4 is 42.6 Å². The lowest BCUT2D eigenvalue weighted by molar-refractivity contribution is 0.0985. The number of hydrogen-bond acceptors (Lipinski definition) is 5. The first kappa shape index (κ1) is 27.0. The van der Waals surface area contributed by atoms with Crippen LogP contribution in [0, 0.1) is 13.8 Å². The van der Waals surface area contributed by atoms with Gasteiger partial charge in [0, 0.05) is 18.7 Å². The minimum absolute atomic E-state index is 0.197. The Balaban J connectivity index is 1.69. The van der Waals surface area contributed by atoms with Gasteiger partial charge in [-0.25, -0.2) is 13.4 Å². The molecule has 0 aliphatic carbocycles. The van der Waals surface area contributed by atoms with Gasteiger partial charge in [0.1, 0.15) is 0 Å². The molecule has 0 saturated carbocycles. The SMILES string of the molecule is CCCCN(CC)S(=O)(=O)c1ccc(C(=O)N(Cc2ccccc2)c2nc3c(C)ccc(C)c3s2)cc1. The molecule has 8 heteroatoms. The Morgan fingerprint density at radius 2 is 1.59 bits per heavy atom. The van der Waals surface area contributed by atoms with Crippen LogP contribution in [0.25, 0.3) is 10.2 Å². The maximum absolute atomic E-state index is 13.8. The van der Waals surface area contributed by atoms with Crippen molar-refractivity contribution < 1.29 is 13.2 Å². The number of fused-ring (bicyclic) bond motifs is 1. The van der Waals surface area contributed by atoms with Crippen LogP contribution in [0.3, 0.4) is 0 Å². The second-order valence-corrected chi connectivity index (χ2v) is 12.0. The van der Waals surface area contributed by atoms with Crippen LogP contribution in [-0.4, -0.2) is 36.7 Å². The van der Waals surface area contributed by atoms with Crippen molar-refractivity contribution in [3.05, 3.63) is 89.0 Å². The molecule has 1 amide bonds. The summed E-state index contributed by atoms with van der Waals surface area (Å²) in [7, 11) is -3.62. The number of rotatable bonds is 10. The summed E-state index contributed by atoms with van der Waals surface area (Å²) in [5.74, 6) is -0.222. The van der Waals surface area contributed by atoms with Gasteiger partial charge in [0.15, 0.2) is 5.13 Å². The number of benzene rings is 3. The monoisotopic (exact) mass is 535 g/mol. The van der Waals surface area contributed by atoms with E-state index in [4.69, 9.17) is 4.98 Å². The molecule has 4 aromatic rings. The molecular weight excluding hydrogens is 502 g/mol. The van der Waals surface area contributed by atoms with E-state index in [0.29, 0.717) is 30.3 Å². The summed E-state index contributed by atoms with van der Waals surface area (Å²) in [5.41, 5.74) is 4.48. The third kappa shape index (κ3) is 5.76. The Bertz CT molecular complexity index is 1440. The van der Waals surface area contributed by atoms with Crippen molar-refractivity contribution in [1.29, 1.82) is 0 Å². The summed E-state index contributed by atoms with van der Waals surface area (Å²) < 4.78 is 28.8. The van der Waals surface area contributed by atoms with Gasteiger partial charge in [-0.1, -0.05) is 74.1 Å². The highest BCUT2D eigenvalue weighted by Crippen LogP contribution is 2.34. The lowest BCUT2D eigenvalue weighted by atomic mass is 10.1. The summed E-state index contributed by atoms with van der Waals surface area (Å²) >= 11 is 1.50. The van der Waals surface area contributed by atoms with Crippen molar-refractivity contribution in [3.8, 4) is 0 Å². The van der Waals surface area contributed by atoms with Crippen molar-refractivity contribution in [3.63, 3.8) is 0 Å². The number of aromatic nitrogens is 1. The molecule has 37 heavy (non-hydrogen) atoms. The molecule has 1 aromatic heterocycles. The van der Waals surface area contributed by atoms with Crippen LogP contribution in [0.5, 0.6) is 0 Å². The predicted molar refractivity (Wildman–Crippen MR) is 152 cm³/mol. The van der Waals surface area contributed by atoms with Crippen LogP contribution in [0.15, 0.2) is 71.6 Å². The molecule has 4 rings (SSSR count). The fraction of sp³-hybridized carbons (Fsp3) is 0.310. The fourth-order valence-corrected chi connectivity index (χ4v) is 6.81. The number of anilines is 1. The van der Waals surface area contributed by atoms with E-state index in [2.05, 4.69) is 6.07 Å². The first-order chi connectivity index (χ1) is 17.8. The molecule has 0 fully saturated rings. The highest BCUT2D eigenvalue weighted by molar-refractivity contribution is 7.89. The molecule has 0 N–H and O–H groups in total. The molecule has 194 valence electrons. The Morgan fingerprint density at radius 1 is 0.919 bits per heavy atom. The van der Waals surface area contributed by atoms with Gasteiger partial charge in [-0.15, -0.1) is 0 Å². The molecule has 0 spiro atoms. The number of sulfonamides is 1. The van der Waals surface area contributed by atoms with Gasteiger partial charge in [-0.3, -0.25) is 9.69 Å². The van der Waals surface area contributed by atoms with E-state index in [1.165, 1.54) is 27.8 Å². The molecule has 0 aliphatic rings. The van der Waals surface area contributed by atoms with Gasteiger partial charge in [0.05, 0.1) is 21.7 Å². The quantitative estimate of drug-likeness (QED) is 0.230. The van der Waals surface area contributed by atoms with Gasteiger partial charge >= 0.3 is 0 Å². The number of carbonyl (C=O) groups excluding carboxylic acids is 1. The molecule has 1 heterocycles. The normalized spacial score (nSPS) is 11.8. The number of thiazole rings is 1. The summed E-state index contributed by atoms with van der Waals surface area (Å²) in [6.45, 7) is 9.20.